The Morgan fingerprint density at radius 2 is 2.33 bits per heavy atom. The van der Waals surface area contributed by atoms with Crippen molar-refractivity contribution >= 4 is 34.9 Å². The highest BCUT2D eigenvalue weighted by atomic mass is 35.5. The molecular weight excluding hydrogens is 268 g/mol. The average Bonchev–Trinajstić information content (AvgIpc) is 2.66. The highest BCUT2D eigenvalue weighted by Gasteiger charge is 2.31. The molecule has 0 bridgehead atoms. The minimum Gasteiger partial charge on any atom is -0.379 e. The smallest absolute Gasteiger partial charge is 0.178 e. The van der Waals surface area contributed by atoms with E-state index in [1.54, 1.807) is 0 Å². The maximum Gasteiger partial charge on any atom is 0.178 e. The molecule has 2 aromatic rings. The van der Waals surface area contributed by atoms with Crippen molar-refractivity contribution in [3.05, 3.63) is 28.0 Å². The summed E-state index contributed by atoms with van der Waals surface area (Å²) in [6.07, 6.45) is 2.13. The molecule has 1 unspecified atom stereocenters. The molecular formula is C13H15ClN2OS. The lowest BCUT2D eigenvalue weighted by molar-refractivity contribution is 0.0108. The van der Waals surface area contributed by atoms with E-state index in [0.29, 0.717) is 6.61 Å². The van der Waals surface area contributed by atoms with Crippen LogP contribution in [0.4, 0.5) is 0 Å². The Hall–Kier alpha value is -0.840. The molecule has 0 spiro atoms. The fraction of sp³-hybridized carbons (Fsp3) is 0.462. The van der Waals surface area contributed by atoms with Gasteiger partial charge in [-0.15, -0.1) is 0 Å². The van der Waals surface area contributed by atoms with Crippen LogP contribution in [-0.4, -0.2) is 22.8 Å². The number of nitrogens with zero attached hydrogens (tertiary/aromatic N) is 1. The first-order valence-electron chi connectivity index (χ1n) is 6.09. The number of H-pyrrole nitrogens is 1. The summed E-state index contributed by atoms with van der Waals surface area (Å²) in [7, 11) is 0. The summed E-state index contributed by atoms with van der Waals surface area (Å²) in [4.78, 5) is 3.24. The lowest BCUT2D eigenvalue weighted by atomic mass is 9.94. The van der Waals surface area contributed by atoms with Crippen molar-refractivity contribution in [3.8, 4) is 0 Å². The van der Waals surface area contributed by atoms with E-state index in [-0.39, 0.29) is 5.54 Å². The Kier molecular flexibility index (Phi) is 2.96. The SMILES string of the molecule is CC1(n2c(=S)[nH]c3ccc(Cl)cc32)CCCOC1. The zero-order valence-corrected chi connectivity index (χ0v) is 11.8. The maximum atomic E-state index is 6.09. The van der Waals surface area contributed by atoms with Crippen LogP contribution in [0.15, 0.2) is 18.2 Å². The van der Waals surface area contributed by atoms with Crippen LogP contribution in [0.2, 0.25) is 5.02 Å². The van der Waals surface area contributed by atoms with Gasteiger partial charge in [0.2, 0.25) is 0 Å². The van der Waals surface area contributed by atoms with Crippen molar-refractivity contribution in [1.82, 2.24) is 9.55 Å². The number of imidazole rings is 1. The predicted molar refractivity (Wildman–Crippen MR) is 75.8 cm³/mol. The molecule has 1 saturated heterocycles. The molecule has 18 heavy (non-hydrogen) atoms. The largest absolute Gasteiger partial charge is 0.379 e. The molecule has 1 aliphatic rings. The minimum absolute atomic E-state index is 0.0851. The van der Waals surface area contributed by atoms with Crippen LogP contribution in [0.5, 0.6) is 0 Å². The fourth-order valence-corrected chi connectivity index (χ4v) is 3.30. The van der Waals surface area contributed by atoms with Crippen molar-refractivity contribution in [3.63, 3.8) is 0 Å². The number of nitrogens with one attached hydrogen (secondary N) is 1. The molecule has 2 heterocycles. The van der Waals surface area contributed by atoms with Crippen molar-refractivity contribution in [2.45, 2.75) is 25.3 Å². The van der Waals surface area contributed by atoms with Crippen LogP contribution in [0.3, 0.4) is 0 Å². The Balaban J connectivity index is 2.24. The predicted octanol–water partition coefficient (Wildman–Crippen LogP) is 3.88. The van der Waals surface area contributed by atoms with Gasteiger partial charge in [-0.05, 0) is 50.2 Å². The summed E-state index contributed by atoms with van der Waals surface area (Å²) in [5.41, 5.74) is 2.00. The van der Waals surface area contributed by atoms with Crippen LogP contribution >= 0.6 is 23.8 Å². The normalized spacial score (nSPS) is 24.6. The summed E-state index contributed by atoms with van der Waals surface area (Å²) in [6.45, 7) is 3.73. The third-order valence-electron chi connectivity index (χ3n) is 3.60. The topological polar surface area (TPSA) is 29.9 Å². The second-order valence-corrected chi connectivity index (χ2v) is 5.90. The quantitative estimate of drug-likeness (QED) is 0.805. The maximum absolute atomic E-state index is 6.09. The van der Waals surface area contributed by atoms with Gasteiger partial charge in [0.15, 0.2) is 4.77 Å². The van der Waals surface area contributed by atoms with Crippen molar-refractivity contribution in [2.24, 2.45) is 0 Å². The van der Waals surface area contributed by atoms with Crippen molar-refractivity contribution < 1.29 is 4.74 Å². The fourth-order valence-electron chi connectivity index (χ4n) is 2.71. The average molecular weight is 283 g/mol. The number of ether oxygens (including phenoxy) is 1. The zero-order chi connectivity index (χ0) is 12.8. The zero-order valence-electron chi connectivity index (χ0n) is 10.2. The number of hydrogen-bond acceptors (Lipinski definition) is 2. The van der Waals surface area contributed by atoms with Gasteiger partial charge >= 0.3 is 0 Å². The third kappa shape index (κ3) is 1.88. The second-order valence-electron chi connectivity index (χ2n) is 5.08. The molecule has 1 N–H and O–H groups in total. The Labute approximate surface area is 116 Å². The molecule has 0 amide bonds. The number of benzene rings is 1. The number of fused-ring (bicyclic) bond motifs is 1. The molecule has 3 nitrogen and oxygen atoms in total. The molecule has 5 heteroatoms. The molecule has 1 atom stereocenters. The monoisotopic (exact) mass is 282 g/mol. The van der Waals surface area contributed by atoms with Crippen molar-refractivity contribution in [2.75, 3.05) is 13.2 Å². The lowest BCUT2D eigenvalue weighted by Crippen LogP contribution is -2.39. The molecule has 0 aliphatic carbocycles. The summed E-state index contributed by atoms with van der Waals surface area (Å²) in [5, 5.41) is 0.727. The highest BCUT2D eigenvalue weighted by Crippen LogP contribution is 2.32. The summed E-state index contributed by atoms with van der Waals surface area (Å²) in [5.74, 6) is 0. The van der Waals surface area contributed by atoms with Gasteiger partial charge in [0.05, 0.1) is 23.2 Å². The first kappa shape index (κ1) is 12.2. The summed E-state index contributed by atoms with van der Waals surface area (Å²) < 4.78 is 8.52. The van der Waals surface area contributed by atoms with E-state index in [1.165, 1.54) is 0 Å². The van der Waals surface area contributed by atoms with E-state index < -0.39 is 0 Å². The van der Waals surface area contributed by atoms with Crippen LogP contribution in [-0.2, 0) is 10.3 Å². The van der Waals surface area contributed by atoms with Crippen LogP contribution in [0.1, 0.15) is 19.8 Å². The van der Waals surface area contributed by atoms with E-state index in [9.17, 15) is 0 Å². The third-order valence-corrected chi connectivity index (χ3v) is 4.12. The molecule has 1 fully saturated rings. The van der Waals surface area contributed by atoms with Gasteiger partial charge < -0.3 is 14.3 Å². The molecule has 1 aliphatic heterocycles. The van der Waals surface area contributed by atoms with Crippen LogP contribution in [0, 0.1) is 4.77 Å². The van der Waals surface area contributed by atoms with Gasteiger partial charge in [-0.1, -0.05) is 11.6 Å². The standard InChI is InChI=1S/C13H15ClN2OS/c1-13(5-2-6-17-8-13)16-11-7-9(14)3-4-10(11)15-12(16)18/h3-4,7H,2,5-6,8H2,1H3,(H,15,18). The molecule has 1 aromatic heterocycles. The first-order valence-corrected chi connectivity index (χ1v) is 6.87. The van der Waals surface area contributed by atoms with Gasteiger partial charge in [0, 0.05) is 11.6 Å². The van der Waals surface area contributed by atoms with E-state index in [1.807, 2.05) is 18.2 Å². The van der Waals surface area contributed by atoms with Gasteiger partial charge in [-0.3, -0.25) is 0 Å². The van der Waals surface area contributed by atoms with E-state index >= 15 is 0 Å². The number of aromatic nitrogens is 2. The van der Waals surface area contributed by atoms with Crippen LogP contribution < -0.4 is 0 Å². The lowest BCUT2D eigenvalue weighted by Gasteiger charge is -2.35. The summed E-state index contributed by atoms with van der Waals surface area (Å²) in [6, 6.07) is 5.80. The molecule has 3 rings (SSSR count). The molecule has 96 valence electrons. The Morgan fingerprint density at radius 3 is 3.06 bits per heavy atom. The van der Waals surface area contributed by atoms with E-state index in [4.69, 9.17) is 28.6 Å². The second kappa shape index (κ2) is 4.37. The Bertz CT molecular complexity index is 640. The van der Waals surface area contributed by atoms with E-state index in [0.717, 1.165) is 40.3 Å². The van der Waals surface area contributed by atoms with Crippen LogP contribution in [0.25, 0.3) is 11.0 Å². The van der Waals surface area contributed by atoms with Gasteiger partial charge in [0.25, 0.3) is 0 Å². The number of halogens is 1. The first-order chi connectivity index (χ1) is 8.60. The highest BCUT2D eigenvalue weighted by molar-refractivity contribution is 7.71. The minimum atomic E-state index is -0.0851. The van der Waals surface area contributed by atoms with Gasteiger partial charge in [-0.2, -0.15) is 0 Å². The van der Waals surface area contributed by atoms with Gasteiger partial charge in [-0.25, -0.2) is 0 Å². The Morgan fingerprint density at radius 1 is 1.50 bits per heavy atom. The molecule has 0 saturated carbocycles. The van der Waals surface area contributed by atoms with Crippen molar-refractivity contribution in [1.29, 1.82) is 0 Å². The number of hydrogen-bond donors (Lipinski definition) is 1. The molecule has 0 radical (unpaired) electrons. The number of rotatable bonds is 1. The number of aromatic amines is 1. The van der Waals surface area contributed by atoms with Gasteiger partial charge in [0.1, 0.15) is 0 Å². The molecule has 1 aromatic carbocycles. The summed E-state index contributed by atoms with van der Waals surface area (Å²) >= 11 is 11.5. The van der Waals surface area contributed by atoms with E-state index in [2.05, 4.69) is 16.5 Å².